The van der Waals surface area contributed by atoms with Crippen molar-refractivity contribution in [3.8, 4) is 5.75 Å². The second-order valence-corrected chi connectivity index (χ2v) is 9.14. The van der Waals surface area contributed by atoms with E-state index in [1.165, 1.54) is 41.4 Å². The number of hydrogen-bond acceptors (Lipinski definition) is 4. The molecule has 2 aromatic carbocycles. The highest BCUT2D eigenvalue weighted by Crippen LogP contribution is 2.37. The minimum atomic E-state index is -3.64. The monoisotopic (exact) mass is 399 g/mol. The molecule has 0 N–H and O–H groups in total. The molecule has 4 nitrogen and oxygen atoms in total. The van der Waals surface area contributed by atoms with Gasteiger partial charge in [-0.1, -0.05) is 0 Å². The lowest BCUT2D eigenvalue weighted by molar-refractivity contribution is 0.413. The standard InChI is InChI=1S/C18H19F2NO3S2/c1-24-14-3-5-15(6-4-14)26(22,23)21-9-8-18(25-11-10-21)16-12-13(19)2-7-17(16)20/h2-7,12,18H,8-11H2,1H3. The molecule has 1 unspecified atom stereocenters. The van der Waals surface area contributed by atoms with Crippen molar-refractivity contribution in [1.82, 2.24) is 4.31 Å². The zero-order valence-corrected chi connectivity index (χ0v) is 15.8. The molecule has 140 valence electrons. The fraction of sp³-hybridized carbons (Fsp3) is 0.333. The maximum absolute atomic E-state index is 14.0. The van der Waals surface area contributed by atoms with Crippen LogP contribution in [-0.4, -0.2) is 38.7 Å². The minimum Gasteiger partial charge on any atom is -0.497 e. The Labute approximate surface area is 156 Å². The number of halogens is 2. The van der Waals surface area contributed by atoms with Gasteiger partial charge in [0.1, 0.15) is 17.4 Å². The third kappa shape index (κ3) is 4.02. The van der Waals surface area contributed by atoms with Gasteiger partial charge in [-0.05, 0) is 48.9 Å². The topological polar surface area (TPSA) is 46.6 Å². The molecule has 26 heavy (non-hydrogen) atoms. The van der Waals surface area contributed by atoms with E-state index in [0.29, 0.717) is 30.0 Å². The molecular weight excluding hydrogens is 380 g/mol. The Bertz CT molecular complexity index is 873. The number of nitrogens with zero attached hydrogens (tertiary/aromatic N) is 1. The summed E-state index contributed by atoms with van der Waals surface area (Å²) >= 11 is 1.45. The predicted molar refractivity (Wildman–Crippen MR) is 97.9 cm³/mol. The summed E-state index contributed by atoms with van der Waals surface area (Å²) in [6.45, 7) is 0.578. The van der Waals surface area contributed by atoms with Gasteiger partial charge in [0, 0.05) is 29.7 Å². The van der Waals surface area contributed by atoms with E-state index in [-0.39, 0.29) is 16.7 Å². The van der Waals surface area contributed by atoms with Crippen LogP contribution in [0.2, 0.25) is 0 Å². The van der Waals surface area contributed by atoms with Gasteiger partial charge >= 0.3 is 0 Å². The van der Waals surface area contributed by atoms with E-state index in [2.05, 4.69) is 0 Å². The van der Waals surface area contributed by atoms with E-state index in [0.717, 1.165) is 12.1 Å². The molecule has 0 saturated carbocycles. The lowest BCUT2D eigenvalue weighted by Gasteiger charge is -2.20. The number of benzene rings is 2. The van der Waals surface area contributed by atoms with Crippen molar-refractivity contribution in [2.75, 3.05) is 26.0 Å². The first-order valence-electron chi connectivity index (χ1n) is 8.12. The van der Waals surface area contributed by atoms with Gasteiger partial charge in [0.25, 0.3) is 0 Å². The summed E-state index contributed by atoms with van der Waals surface area (Å²) in [5.74, 6) is 0.136. The van der Waals surface area contributed by atoms with Gasteiger partial charge in [0.15, 0.2) is 0 Å². The highest BCUT2D eigenvalue weighted by Gasteiger charge is 2.29. The van der Waals surface area contributed by atoms with Crippen LogP contribution in [0.5, 0.6) is 5.75 Å². The molecule has 0 aromatic heterocycles. The van der Waals surface area contributed by atoms with Gasteiger partial charge < -0.3 is 4.74 Å². The maximum Gasteiger partial charge on any atom is 0.243 e. The van der Waals surface area contributed by atoms with E-state index >= 15 is 0 Å². The Morgan fingerprint density at radius 2 is 1.85 bits per heavy atom. The zero-order valence-electron chi connectivity index (χ0n) is 14.2. The number of sulfonamides is 1. The second-order valence-electron chi connectivity index (χ2n) is 5.89. The van der Waals surface area contributed by atoms with Crippen molar-refractivity contribution in [3.63, 3.8) is 0 Å². The molecule has 3 rings (SSSR count). The van der Waals surface area contributed by atoms with E-state index in [1.54, 1.807) is 12.1 Å². The summed E-state index contributed by atoms with van der Waals surface area (Å²) in [6, 6.07) is 9.61. The van der Waals surface area contributed by atoms with Crippen LogP contribution in [0, 0.1) is 11.6 Å². The first kappa shape index (κ1) is 19.1. The van der Waals surface area contributed by atoms with Gasteiger partial charge in [0.05, 0.1) is 12.0 Å². The van der Waals surface area contributed by atoms with Gasteiger partial charge in [-0.15, -0.1) is 0 Å². The van der Waals surface area contributed by atoms with Gasteiger partial charge in [0.2, 0.25) is 10.0 Å². The Morgan fingerprint density at radius 1 is 1.12 bits per heavy atom. The van der Waals surface area contributed by atoms with E-state index < -0.39 is 21.7 Å². The van der Waals surface area contributed by atoms with Gasteiger partial charge in [-0.3, -0.25) is 0 Å². The first-order chi connectivity index (χ1) is 12.4. The quantitative estimate of drug-likeness (QED) is 0.784. The van der Waals surface area contributed by atoms with Crippen LogP contribution in [0.3, 0.4) is 0 Å². The van der Waals surface area contributed by atoms with Crippen LogP contribution in [-0.2, 0) is 10.0 Å². The Hall–Kier alpha value is -1.64. The highest BCUT2D eigenvalue weighted by atomic mass is 32.2. The van der Waals surface area contributed by atoms with Crippen LogP contribution < -0.4 is 4.74 Å². The van der Waals surface area contributed by atoms with Gasteiger partial charge in [-0.2, -0.15) is 16.1 Å². The fourth-order valence-corrected chi connectivity index (χ4v) is 5.71. The normalized spacial score (nSPS) is 19.1. The van der Waals surface area contributed by atoms with Crippen LogP contribution in [0.25, 0.3) is 0 Å². The van der Waals surface area contributed by atoms with Crippen molar-refractivity contribution < 1.29 is 21.9 Å². The average Bonchev–Trinajstić information content (AvgIpc) is 2.90. The summed E-state index contributed by atoms with van der Waals surface area (Å²) in [5, 5.41) is -0.276. The number of ether oxygens (including phenoxy) is 1. The summed E-state index contributed by atoms with van der Waals surface area (Å²) < 4.78 is 59.6. The van der Waals surface area contributed by atoms with Crippen LogP contribution in [0.1, 0.15) is 17.2 Å². The molecule has 2 aromatic rings. The van der Waals surface area contributed by atoms with E-state index in [9.17, 15) is 17.2 Å². The lowest BCUT2D eigenvalue weighted by Crippen LogP contribution is -2.33. The maximum atomic E-state index is 14.0. The zero-order chi connectivity index (χ0) is 18.7. The summed E-state index contributed by atoms with van der Waals surface area (Å²) in [7, 11) is -2.12. The summed E-state index contributed by atoms with van der Waals surface area (Å²) in [5.41, 5.74) is 0.290. The smallest absolute Gasteiger partial charge is 0.243 e. The highest BCUT2D eigenvalue weighted by molar-refractivity contribution is 7.99. The molecule has 1 fully saturated rings. The number of methoxy groups -OCH3 is 1. The molecule has 0 amide bonds. The molecule has 1 saturated heterocycles. The van der Waals surface area contributed by atoms with Crippen molar-refractivity contribution in [2.45, 2.75) is 16.6 Å². The molecule has 1 aliphatic rings. The van der Waals surface area contributed by atoms with Gasteiger partial charge in [-0.25, -0.2) is 17.2 Å². The number of hydrogen-bond donors (Lipinski definition) is 0. The molecular formula is C18H19F2NO3S2. The van der Waals surface area contributed by atoms with Crippen LogP contribution in [0.4, 0.5) is 8.78 Å². The molecule has 8 heteroatoms. The third-order valence-corrected chi connectivity index (χ3v) is 7.53. The molecule has 1 aliphatic heterocycles. The largest absolute Gasteiger partial charge is 0.497 e. The predicted octanol–water partition coefficient (Wildman–Crippen LogP) is 3.84. The molecule has 1 atom stereocenters. The number of thioether (sulfide) groups is 1. The summed E-state index contributed by atoms with van der Waals surface area (Å²) in [4.78, 5) is 0.193. The molecule has 0 spiro atoms. The lowest BCUT2D eigenvalue weighted by atomic mass is 10.1. The third-order valence-electron chi connectivity index (χ3n) is 4.30. The number of rotatable bonds is 4. The Balaban J connectivity index is 1.78. The first-order valence-corrected chi connectivity index (χ1v) is 10.6. The second kappa shape index (κ2) is 7.94. The van der Waals surface area contributed by atoms with Crippen molar-refractivity contribution >= 4 is 21.8 Å². The van der Waals surface area contributed by atoms with Crippen molar-refractivity contribution in [2.24, 2.45) is 0 Å². The van der Waals surface area contributed by atoms with Crippen molar-refractivity contribution in [3.05, 3.63) is 59.7 Å². The molecule has 1 heterocycles. The summed E-state index contributed by atoms with van der Waals surface area (Å²) in [6.07, 6.45) is 0.417. The molecule has 0 aliphatic carbocycles. The molecule has 0 bridgehead atoms. The Kier molecular flexibility index (Phi) is 5.84. The van der Waals surface area contributed by atoms with E-state index in [4.69, 9.17) is 4.74 Å². The molecule has 0 radical (unpaired) electrons. The SMILES string of the molecule is COc1ccc(S(=O)(=O)N2CCSC(c3cc(F)ccc3F)CC2)cc1. The minimum absolute atomic E-state index is 0.193. The van der Waals surface area contributed by atoms with Crippen molar-refractivity contribution in [1.29, 1.82) is 0 Å². The van der Waals surface area contributed by atoms with Crippen LogP contribution >= 0.6 is 11.8 Å². The Morgan fingerprint density at radius 3 is 2.54 bits per heavy atom. The van der Waals surface area contributed by atoms with E-state index in [1.807, 2.05) is 0 Å². The fourth-order valence-electron chi connectivity index (χ4n) is 2.90. The van der Waals surface area contributed by atoms with Crippen LogP contribution in [0.15, 0.2) is 47.4 Å². The average molecular weight is 399 g/mol.